The van der Waals surface area contributed by atoms with Crippen molar-refractivity contribution in [3.8, 4) is 0 Å². The van der Waals surface area contributed by atoms with Crippen molar-refractivity contribution >= 4 is 23.5 Å². The van der Waals surface area contributed by atoms with Gasteiger partial charge in [0.05, 0.1) is 5.56 Å². The van der Waals surface area contributed by atoms with Gasteiger partial charge in [0.15, 0.2) is 0 Å². The number of nitrogens with one attached hydrogen (secondary N) is 1. The van der Waals surface area contributed by atoms with Crippen molar-refractivity contribution < 1.29 is 19.1 Å². The van der Waals surface area contributed by atoms with Crippen molar-refractivity contribution in [2.75, 3.05) is 12.4 Å². The molecule has 0 bridgehead atoms. The van der Waals surface area contributed by atoms with E-state index in [0.29, 0.717) is 23.4 Å². The molecule has 3 rings (SSSR count). The van der Waals surface area contributed by atoms with Crippen LogP contribution in [0.2, 0.25) is 0 Å². The molecule has 2 aromatic carbocycles. The van der Waals surface area contributed by atoms with Crippen LogP contribution in [0, 0.1) is 0 Å². The third kappa shape index (κ3) is 3.27. The molecular weight excluding hydrogens is 308 g/mol. The normalized spacial score (nSPS) is 12.3. The first-order valence-electron chi connectivity index (χ1n) is 7.45. The summed E-state index contributed by atoms with van der Waals surface area (Å²) in [5, 5.41) is 2.56. The second kappa shape index (κ2) is 6.54. The Morgan fingerprint density at radius 1 is 1.17 bits per heavy atom. The number of nitrogens with zero attached hydrogens (tertiary/aromatic N) is 1. The second-order valence-corrected chi connectivity index (χ2v) is 5.55. The van der Waals surface area contributed by atoms with Crippen molar-refractivity contribution in [3.63, 3.8) is 0 Å². The van der Waals surface area contributed by atoms with Crippen LogP contribution in [0.1, 0.15) is 21.5 Å². The molecule has 0 spiro atoms. The minimum atomic E-state index is -0.723. The number of esters is 1. The summed E-state index contributed by atoms with van der Waals surface area (Å²) >= 11 is 0. The summed E-state index contributed by atoms with van der Waals surface area (Å²) in [5.74, 6) is -1.73. The van der Waals surface area contributed by atoms with Crippen LogP contribution in [-0.4, -0.2) is 29.7 Å². The van der Waals surface area contributed by atoms with E-state index in [0.717, 1.165) is 5.56 Å². The molecule has 2 amide bonds. The summed E-state index contributed by atoms with van der Waals surface area (Å²) in [6.07, 6.45) is 0. The third-order valence-electron chi connectivity index (χ3n) is 3.75. The van der Waals surface area contributed by atoms with Crippen molar-refractivity contribution in [2.24, 2.45) is 0 Å². The largest absolute Gasteiger partial charge is 0.457 e. The highest BCUT2D eigenvalue weighted by Gasteiger charge is 2.23. The first kappa shape index (κ1) is 15.7. The molecule has 6 heteroatoms. The summed E-state index contributed by atoms with van der Waals surface area (Å²) in [5.41, 5.74) is 2.58. The zero-order valence-corrected chi connectivity index (χ0v) is 13.1. The first-order chi connectivity index (χ1) is 11.5. The van der Waals surface area contributed by atoms with Crippen LogP contribution < -0.4 is 5.32 Å². The number of hydrogen-bond acceptors (Lipinski definition) is 4. The number of carbonyl (C=O) groups is 3. The number of hydrogen-bond donors (Lipinski definition) is 1. The molecule has 2 aromatic rings. The van der Waals surface area contributed by atoms with Gasteiger partial charge in [-0.25, -0.2) is 4.79 Å². The summed E-state index contributed by atoms with van der Waals surface area (Å²) < 4.78 is 4.91. The zero-order chi connectivity index (χ0) is 17.1. The molecule has 0 atom stereocenters. The zero-order valence-electron chi connectivity index (χ0n) is 13.1. The van der Waals surface area contributed by atoms with E-state index in [-0.39, 0.29) is 12.6 Å². The SMILES string of the molecule is CN(Cc1ccccc1)C(=O)C(=O)Nc1ccc2c(c1)COC2=O. The number of ether oxygens (including phenoxy) is 1. The van der Waals surface area contributed by atoms with Crippen LogP contribution in [-0.2, 0) is 27.5 Å². The topological polar surface area (TPSA) is 75.7 Å². The fourth-order valence-electron chi connectivity index (χ4n) is 2.50. The lowest BCUT2D eigenvalue weighted by Crippen LogP contribution is -2.36. The molecule has 1 heterocycles. The number of likely N-dealkylation sites (N-methyl/N-ethyl adjacent to an activating group) is 1. The Labute approximate surface area is 139 Å². The fraction of sp³-hybridized carbons (Fsp3) is 0.167. The van der Waals surface area contributed by atoms with Crippen molar-refractivity contribution in [1.29, 1.82) is 0 Å². The molecule has 0 saturated heterocycles. The number of amides is 2. The molecular formula is C18H16N2O4. The maximum absolute atomic E-state index is 12.2. The van der Waals surface area contributed by atoms with E-state index in [4.69, 9.17) is 4.74 Å². The first-order valence-corrected chi connectivity index (χ1v) is 7.45. The minimum absolute atomic E-state index is 0.180. The predicted molar refractivity (Wildman–Crippen MR) is 87.1 cm³/mol. The Bertz CT molecular complexity index is 802. The molecule has 0 aliphatic carbocycles. The lowest BCUT2D eigenvalue weighted by Gasteiger charge is -2.16. The van der Waals surface area contributed by atoms with Gasteiger partial charge in [0, 0.05) is 24.8 Å². The van der Waals surface area contributed by atoms with Gasteiger partial charge in [-0.1, -0.05) is 30.3 Å². The third-order valence-corrected chi connectivity index (χ3v) is 3.75. The molecule has 1 aliphatic rings. The highest BCUT2D eigenvalue weighted by Crippen LogP contribution is 2.23. The number of rotatable bonds is 3. The van der Waals surface area contributed by atoms with E-state index >= 15 is 0 Å². The Balaban J connectivity index is 1.64. The molecule has 0 unspecified atom stereocenters. The van der Waals surface area contributed by atoms with E-state index in [2.05, 4.69) is 5.32 Å². The Hall–Kier alpha value is -3.15. The van der Waals surface area contributed by atoms with Gasteiger partial charge < -0.3 is 15.0 Å². The molecule has 1 N–H and O–H groups in total. The average molecular weight is 324 g/mol. The van der Waals surface area contributed by atoms with Gasteiger partial charge in [-0.15, -0.1) is 0 Å². The molecule has 24 heavy (non-hydrogen) atoms. The maximum Gasteiger partial charge on any atom is 0.338 e. The fourth-order valence-corrected chi connectivity index (χ4v) is 2.50. The van der Waals surface area contributed by atoms with Crippen LogP contribution in [0.25, 0.3) is 0 Å². The van der Waals surface area contributed by atoms with Crippen molar-refractivity contribution in [2.45, 2.75) is 13.2 Å². The van der Waals surface area contributed by atoms with E-state index < -0.39 is 11.8 Å². The summed E-state index contributed by atoms with van der Waals surface area (Å²) in [6, 6.07) is 14.2. The molecule has 1 aliphatic heterocycles. The average Bonchev–Trinajstić information content (AvgIpc) is 2.95. The quantitative estimate of drug-likeness (QED) is 0.692. The molecule has 0 fully saturated rings. The molecule has 0 radical (unpaired) electrons. The van der Waals surface area contributed by atoms with Gasteiger partial charge in [-0.05, 0) is 23.8 Å². The summed E-state index contributed by atoms with van der Waals surface area (Å²) in [7, 11) is 1.57. The Kier molecular flexibility index (Phi) is 4.29. The lowest BCUT2D eigenvalue weighted by atomic mass is 10.1. The summed E-state index contributed by atoms with van der Waals surface area (Å²) in [6.45, 7) is 0.527. The Morgan fingerprint density at radius 2 is 1.92 bits per heavy atom. The number of fused-ring (bicyclic) bond motifs is 1. The van der Waals surface area contributed by atoms with Crippen molar-refractivity contribution in [3.05, 3.63) is 65.2 Å². The van der Waals surface area contributed by atoms with Crippen molar-refractivity contribution in [1.82, 2.24) is 4.90 Å². The molecule has 122 valence electrons. The number of benzene rings is 2. The Morgan fingerprint density at radius 3 is 2.67 bits per heavy atom. The van der Waals surface area contributed by atoms with Gasteiger partial charge in [0.1, 0.15) is 6.61 Å². The number of anilines is 1. The van der Waals surface area contributed by atoms with Crippen LogP contribution in [0.5, 0.6) is 0 Å². The number of carbonyl (C=O) groups excluding carboxylic acids is 3. The monoisotopic (exact) mass is 324 g/mol. The molecule has 0 aromatic heterocycles. The highest BCUT2D eigenvalue weighted by atomic mass is 16.5. The maximum atomic E-state index is 12.2. The van der Waals surface area contributed by atoms with Crippen LogP contribution >= 0.6 is 0 Å². The molecule has 6 nitrogen and oxygen atoms in total. The predicted octanol–water partition coefficient (Wildman–Crippen LogP) is 1.95. The summed E-state index contributed by atoms with van der Waals surface area (Å²) in [4.78, 5) is 37.0. The van der Waals surface area contributed by atoms with E-state index in [1.807, 2.05) is 30.3 Å². The minimum Gasteiger partial charge on any atom is -0.457 e. The smallest absolute Gasteiger partial charge is 0.338 e. The van der Waals surface area contributed by atoms with Crippen LogP contribution in [0.3, 0.4) is 0 Å². The van der Waals surface area contributed by atoms with Gasteiger partial charge >= 0.3 is 17.8 Å². The van der Waals surface area contributed by atoms with Gasteiger partial charge in [0.2, 0.25) is 0 Å². The number of cyclic esters (lactones) is 1. The van der Waals surface area contributed by atoms with Crippen LogP contribution in [0.4, 0.5) is 5.69 Å². The van der Waals surface area contributed by atoms with Gasteiger partial charge in [-0.2, -0.15) is 0 Å². The van der Waals surface area contributed by atoms with Gasteiger partial charge in [-0.3, -0.25) is 9.59 Å². The lowest BCUT2D eigenvalue weighted by molar-refractivity contribution is -0.142. The standard InChI is InChI=1S/C18H16N2O4/c1-20(10-12-5-3-2-4-6-12)17(22)16(21)19-14-7-8-15-13(9-14)11-24-18(15)23/h2-9H,10-11H2,1H3,(H,19,21). The van der Waals surface area contributed by atoms with Crippen LogP contribution in [0.15, 0.2) is 48.5 Å². The highest BCUT2D eigenvalue weighted by molar-refractivity contribution is 6.39. The van der Waals surface area contributed by atoms with Gasteiger partial charge in [0.25, 0.3) is 0 Å². The van der Waals surface area contributed by atoms with E-state index in [1.165, 1.54) is 4.90 Å². The van der Waals surface area contributed by atoms with E-state index in [1.54, 1.807) is 25.2 Å². The van der Waals surface area contributed by atoms with E-state index in [9.17, 15) is 14.4 Å². The molecule has 0 saturated carbocycles. The second-order valence-electron chi connectivity index (χ2n) is 5.55.